The molecule has 18 heavy (non-hydrogen) atoms. The molecule has 0 fully saturated rings. The largest absolute Gasteiger partial charge is 0.368 e. The van der Waals surface area contributed by atoms with E-state index in [0.717, 1.165) is 0 Å². The third-order valence-corrected chi connectivity index (χ3v) is 2.25. The summed E-state index contributed by atoms with van der Waals surface area (Å²) in [7, 11) is 0. The molecule has 0 saturated carbocycles. The Hall–Kier alpha value is -1.63. The Morgan fingerprint density at radius 1 is 1.11 bits per heavy atom. The van der Waals surface area contributed by atoms with Crippen molar-refractivity contribution in [1.82, 2.24) is 10.6 Å². The molecule has 2 atom stereocenters. The number of carbonyl (C=O) groups is 3. The molecule has 0 saturated heterocycles. The highest BCUT2D eigenvalue weighted by molar-refractivity contribution is 5.91. The van der Waals surface area contributed by atoms with Gasteiger partial charge in [0.15, 0.2) is 0 Å². The van der Waals surface area contributed by atoms with Crippen LogP contribution in [0.3, 0.4) is 0 Å². The summed E-state index contributed by atoms with van der Waals surface area (Å²) in [6, 6.07) is -1.40. The van der Waals surface area contributed by atoms with Crippen molar-refractivity contribution in [1.29, 1.82) is 0 Å². The summed E-state index contributed by atoms with van der Waals surface area (Å²) >= 11 is 0. The average Bonchev–Trinajstić information content (AvgIpc) is 2.24. The molecule has 7 heteroatoms. The Balaban J connectivity index is 4.13. The minimum atomic E-state index is -0.755. The van der Waals surface area contributed by atoms with Crippen molar-refractivity contribution in [2.45, 2.75) is 39.3 Å². The molecule has 0 aliphatic rings. The number of nitrogens with one attached hydrogen (secondary N) is 2. The van der Waals surface area contributed by atoms with E-state index in [9.17, 15) is 14.4 Å². The fourth-order valence-electron chi connectivity index (χ4n) is 1.33. The molecule has 0 aromatic carbocycles. The van der Waals surface area contributed by atoms with Crippen LogP contribution < -0.4 is 22.1 Å². The van der Waals surface area contributed by atoms with E-state index in [0.29, 0.717) is 12.3 Å². The number of rotatable bonds is 7. The highest BCUT2D eigenvalue weighted by Gasteiger charge is 2.20. The van der Waals surface area contributed by atoms with Gasteiger partial charge in [0.25, 0.3) is 0 Å². The molecule has 0 unspecified atom stereocenters. The number of amides is 3. The van der Waals surface area contributed by atoms with Crippen LogP contribution in [-0.4, -0.2) is 36.3 Å². The number of carbonyl (C=O) groups excluding carboxylic acids is 3. The van der Waals surface area contributed by atoms with Gasteiger partial charge in [0.05, 0.1) is 12.6 Å². The first-order valence-electron chi connectivity index (χ1n) is 5.86. The smallest absolute Gasteiger partial charge is 0.242 e. The number of hydrogen-bond donors (Lipinski definition) is 4. The molecular weight excluding hydrogens is 236 g/mol. The number of hydrogen-bond acceptors (Lipinski definition) is 4. The minimum absolute atomic E-state index is 0.253. The van der Waals surface area contributed by atoms with Crippen molar-refractivity contribution < 1.29 is 14.4 Å². The first-order valence-corrected chi connectivity index (χ1v) is 5.86. The van der Waals surface area contributed by atoms with Crippen LogP contribution in [0.5, 0.6) is 0 Å². The van der Waals surface area contributed by atoms with E-state index in [1.54, 1.807) is 0 Å². The number of nitrogens with two attached hydrogens (primary N) is 2. The summed E-state index contributed by atoms with van der Waals surface area (Å²) < 4.78 is 0. The lowest BCUT2D eigenvalue weighted by Gasteiger charge is -2.18. The van der Waals surface area contributed by atoms with Gasteiger partial charge in [-0.1, -0.05) is 13.8 Å². The lowest BCUT2D eigenvalue weighted by Crippen LogP contribution is -2.51. The second-order valence-electron chi connectivity index (χ2n) is 4.65. The van der Waals surface area contributed by atoms with Crippen molar-refractivity contribution in [3.63, 3.8) is 0 Å². The summed E-state index contributed by atoms with van der Waals surface area (Å²) in [6.45, 7) is 5.17. The van der Waals surface area contributed by atoms with Gasteiger partial charge in [-0.3, -0.25) is 14.4 Å². The van der Waals surface area contributed by atoms with Crippen LogP contribution in [0, 0.1) is 5.92 Å². The van der Waals surface area contributed by atoms with Crippen LogP contribution in [0.4, 0.5) is 0 Å². The van der Waals surface area contributed by atoms with Gasteiger partial charge < -0.3 is 22.1 Å². The Morgan fingerprint density at radius 2 is 1.67 bits per heavy atom. The fourth-order valence-corrected chi connectivity index (χ4v) is 1.33. The van der Waals surface area contributed by atoms with Crippen LogP contribution in [0.1, 0.15) is 27.2 Å². The Labute approximate surface area is 107 Å². The van der Waals surface area contributed by atoms with Gasteiger partial charge in [0, 0.05) is 0 Å². The van der Waals surface area contributed by atoms with Crippen molar-refractivity contribution >= 4 is 17.7 Å². The first kappa shape index (κ1) is 16.4. The molecule has 0 aromatic rings. The average molecular weight is 258 g/mol. The molecule has 6 N–H and O–H groups in total. The second kappa shape index (κ2) is 7.65. The summed E-state index contributed by atoms with van der Waals surface area (Å²) in [5.41, 5.74) is 10.6. The quantitative estimate of drug-likeness (QED) is 0.441. The SMILES string of the molecule is CC(C)C[C@H](N)C(=O)N[C@@H](C)C(=O)NCC(N)=O. The molecule has 104 valence electrons. The predicted molar refractivity (Wildman–Crippen MR) is 67.2 cm³/mol. The molecule has 0 rings (SSSR count). The zero-order valence-corrected chi connectivity index (χ0v) is 11.0. The molecule has 0 aliphatic heterocycles. The van der Waals surface area contributed by atoms with Crippen LogP contribution >= 0.6 is 0 Å². The van der Waals surface area contributed by atoms with Gasteiger partial charge in [0.2, 0.25) is 17.7 Å². The maximum absolute atomic E-state index is 11.6. The van der Waals surface area contributed by atoms with Crippen molar-refractivity contribution in [3.8, 4) is 0 Å². The maximum atomic E-state index is 11.6. The van der Waals surface area contributed by atoms with E-state index in [-0.39, 0.29) is 12.5 Å². The summed E-state index contributed by atoms with van der Waals surface area (Å²) in [6.07, 6.45) is 0.543. The van der Waals surface area contributed by atoms with Gasteiger partial charge in [-0.05, 0) is 19.3 Å². The highest BCUT2D eigenvalue weighted by atomic mass is 16.2. The Bertz CT molecular complexity index is 317. The molecular formula is C11H22N4O3. The molecule has 0 spiro atoms. The van der Waals surface area contributed by atoms with Crippen LogP contribution in [0.25, 0.3) is 0 Å². The van der Waals surface area contributed by atoms with E-state index in [1.807, 2.05) is 13.8 Å². The summed E-state index contributed by atoms with van der Waals surface area (Å²) in [5.74, 6) is -1.20. The van der Waals surface area contributed by atoms with E-state index < -0.39 is 23.9 Å². The molecule has 0 aliphatic carbocycles. The van der Waals surface area contributed by atoms with E-state index >= 15 is 0 Å². The monoisotopic (exact) mass is 258 g/mol. The molecule has 0 aromatic heterocycles. The summed E-state index contributed by atoms with van der Waals surface area (Å²) in [5, 5.41) is 4.78. The molecule has 7 nitrogen and oxygen atoms in total. The normalized spacial score (nSPS) is 13.8. The van der Waals surface area contributed by atoms with Gasteiger partial charge in [-0.2, -0.15) is 0 Å². The van der Waals surface area contributed by atoms with Crippen LogP contribution in [0.2, 0.25) is 0 Å². The zero-order chi connectivity index (χ0) is 14.3. The van der Waals surface area contributed by atoms with Crippen molar-refractivity contribution in [2.75, 3.05) is 6.54 Å². The Kier molecular flexibility index (Phi) is 6.96. The van der Waals surface area contributed by atoms with E-state index in [2.05, 4.69) is 10.6 Å². The summed E-state index contributed by atoms with van der Waals surface area (Å²) in [4.78, 5) is 33.6. The lowest BCUT2D eigenvalue weighted by atomic mass is 10.0. The minimum Gasteiger partial charge on any atom is -0.368 e. The first-order chi connectivity index (χ1) is 8.23. The lowest BCUT2D eigenvalue weighted by molar-refractivity contribution is -0.130. The van der Waals surface area contributed by atoms with Gasteiger partial charge >= 0.3 is 0 Å². The van der Waals surface area contributed by atoms with Crippen LogP contribution in [-0.2, 0) is 14.4 Å². The molecule has 0 bridgehead atoms. The van der Waals surface area contributed by atoms with E-state index in [4.69, 9.17) is 11.5 Å². The van der Waals surface area contributed by atoms with Gasteiger partial charge in [-0.15, -0.1) is 0 Å². The standard InChI is InChI=1S/C11H22N4O3/c1-6(2)4-8(12)11(18)15-7(3)10(17)14-5-9(13)16/h6-8H,4-5,12H2,1-3H3,(H2,13,16)(H,14,17)(H,15,18)/t7-,8-/m0/s1. The fraction of sp³-hybridized carbons (Fsp3) is 0.727. The number of primary amides is 1. The third-order valence-electron chi connectivity index (χ3n) is 2.25. The highest BCUT2D eigenvalue weighted by Crippen LogP contribution is 2.02. The second-order valence-corrected chi connectivity index (χ2v) is 4.65. The van der Waals surface area contributed by atoms with Crippen LogP contribution in [0.15, 0.2) is 0 Å². The zero-order valence-electron chi connectivity index (χ0n) is 11.0. The Morgan fingerprint density at radius 3 is 2.11 bits per heavy atom. The predicted octanol–water partition coefficient (Wildman–Crippen LogP) is -1.53. The third kappa shape index (κ3) is 6.85. The van der Waals surface area contributed by atoms with Crippen molar-refractivity contribution in [2.24, 2.45) is 17.4 Å². The van der Waals surface area contributed by atoms with Crippen molar-refractivity contribution in [3.05, 3.63) is 0 Å². The van der Waals surface area contributed by atoms with Gasteiger partial charge in [-0.25, -0.2) is 0 Å². The molecule has 0 radical (unpaired) electrons. The van der Waals surface area contributed by atoms with Gasteiger partial charge in [0.1, 0.15) is 6.04 Å². The molecule has 0 heterocycles. The molecule has 3 amide bonds. The topological polar surface area (TPSA) is 127 Å². The maximum Gasteiger partial charge on any atom is 0.242 e. The van der Waals surface area contributed by atoms with E-state index in [1.165, 1.54) is 6.92 Å².